The van der Waals surface area contributed by atoms with Gasteiger partial charge >= 0.3 is 0 Å². The third kappa shape index (κ3) is 2.57. The summed E-state index contributed by atoms with van der Waals surface area (Å²) in [5, 5.41) is 13.7. The van der Waals surface area contributed by atoms with E-state index in [1.165, 1.54) is 6.42 Å². The molecule has 0 saturated heterocycles. The van der Waals surface area contributed by atoms with Crippen LogP contribution in [0.25, 0.3) is 0 Å². The number of fused-ring (bicyclic) bond motifs is 5. The number of rotatable bonds is 2. The first kappa shape index (κ1) is 18.4. The molecule has 4 saturated carbocycles. The molecule has 4 N–H and O–H groups in total. The fourth-order valence-electron chi connectivity index (χ4n) is 7.49. The number of aliphatic hydroxyl groups is 1. The van der Waals surface area contributed by atoms with E-state index in [-0.39, 0.29) is 29.3 Å². The molecule has 0 aromatic heterocycles. The third-order valence-corrected chi connectivity index (χ3v) is 8.96. The Morgan fingerprint density at radius 3 is 2.73 bits per heavy atom. The smallest absolute Gasteiger partial charge is 0.234 e. The van der Waals surface area contributed by atoms with Crippen LogP contribution in [0.5, 0.6) is 0 Å². The van der Waals surface area contributed by atoms with Crippen LogP contribution >= 0.6 is 0 Å². The molecule has 26 heavy (non-hydrogen) atoms. The van der Waals surface area contributed by atoms with Gasteiger partial charge in [-0.25, -0.2) is 0 Å². The Kier molecular flexibility index (Phi) is 4.47. The minimum absolute atomic E-state index is 0.0237. The quantitative estimate of drug-likeness (QED) is 0.701. The number of amides is 1. The molecule has 5 nitrogen and oxygen atoms in total. The minimum Gasteiger partial charge on any atom is -0.391 e. The van der Waals surface area contributed by atoms with E-state index in [2.05, 4.69) is 19.2 Å². The minimum atomic E-state index is -0.496. The highest BCUT2D eigenvalue weighted by atomic mass is 16.3. The standard InChI is InChI=1S/C21H34N2O3/c1-20-8-7-15-13(14(20)5-6-18(20)25)4-3-12-9-16(23-19(26)11-22)17(24)10-21(12,15)2/h12-17,24H,3-11,22H2,1-2H3,(H,23,26)/t12-,13+,14+,15+,16+,17+,20+,21+/m1/s1. The average Bonchev–Trinajstić information content (AvgIpc) is 2.91. The number of nitrogens with one attached hydrogen (secondary N) is 1. The van der Waals surface area contributed by atoms with Gasteiger partial charge in [-0.3, -0.25) is 9.59 Å². The van der Waals surface area contributed by atoms with Gasteiger partial charge in [0.15, 0.2) is 0 Å². The van der Waals surface area contributed by atoms with Crippen LogP contribution in [-0.2, 0) is 9.59 Å². The number of carbonyl (C=O) groups is 2. The summed E-state index contributed by atoms with van der Waals surface area (Å²) in [6.07, 6.45) is 7.43. The maximum absolute atomic E-state index is 12.5. The number of ketones is 1. The van der Waals surface area contributed by atoms with Crippen LogP contribution < -0.4 is 11.1 Å². The second kappa shape index (κ2) is 6.30. The molecule has 1 amide bonds. The zero-order valence-electron chi connectivity index (χ0n) is 16.2. The lowest BCUT2D eigenvalue weighted by atomic mass is 9.45. The van der Waals surface area contributed by atoms with E-state index in [9.17, 15) is 14.7 Å². The van der Waals surface area contributed by atoms with E-state index in [0.717, 1.165) is 44.9 Å². The molecular weight excluding hydrogens is 328 g/mol. The molecule has 0 bridgehead atoms. The zero-order chi connectivity index (χ0) is 18.7. The van der Waals surface area contributed by atoms with Crippen molar-refractivity contribution >= 4 is 11.7 Å². The van der Waals surface area contributed by atoms with Gasteiger partial charge in [0.05, 0.1) is 18.7 Å². The largest absolute Gasteiger partial charge is 0.391 e. The van der Waals surface area contributed by atoms with Crippen molar-refractivity contribution in [2.45, 2.75) is 77.4 Å². The second-order valence-electron chi connectivity index (χ2n) is 9.96. The molecule has 8 atom stereocenters. The van der Waals surface area contributed by atoms with Crippen molar-refractivity contribution in [2.24, 2.45) is 40.2 Å². The predicted octanol–water partition coefficient (Wildman–Crippen LogP) is 2.01. The van der Waals surface area contributed by atoms with Crippen LogP contribution in [0.1, 0.15) is 65.2 Å². The van der Waals surface area contributed by atoms with Crippen LogP contribution in [0.4, 0.5) is 0 Å². The monoisotopic (exact) mass is 362 g/mol. The van der Waals surface area contributed by atoms with Crippen molar-refractivity contribution in [3.8, 4) is 0 Å². The summed E-state index contributed by atoms with van der Waals surface area (Å²) < 4.78 is 0. The first-order chi connectivity index (χ1) is 12.3. The van der Waals surface area contributed by atoms with Gasteiger partial charge < -0.3 is 16.2 Å². The van der Waals surface area contributed by atoms with E-state index in [0.29, 0.717) is 29.5 Å². The third-order valence-electron chi connectivity index (χ3n) is 8.96. The Morgan fingerprint density at radius 1 is 1.23 bits per heavy atom. The number of aliphatic hydroxyl groups excluding tert-OH is 1. The Labute approximate surface area is 156 Å². The molecular formula is C21H34N2O3. The van der Waals surface area contributed by atoms with E-state index in [1.54, 1.807) is 0 Å². The van der Waals surface area contributed by atoms with Crippen molar-refractivity contribution < 1.29 is 14.7 Å². The Morgan fingerprint density at radius 2 is 2.00 bits per heavy atom. The van der Waals surface area contributed by atoms with Gasteiger partial charge in [0.25, 0.3) is 0 Å². The number of hydrogen-bond acceptors (Lipinski definition) is 4. The highest BCUT2D eigenvalue weighted by Crippen LogP contribution is 2.65. The van der Waals surface area contributed by atoms with Crippen LogP contribution in [0.15, 0.2) is 0 Å². The molecule has 5 heteroatoms. The Bertz CT molecular complexity index is 608. The highest BCUT2D eigenvalue weighted by molar-refractivity contribution is 5.87. The summed E-state index contributed by atoms with van der Waals surface area (Å²) in [5.74, 6) is 2.62. The van der Waals surface area contributed by atoms with Crippen molar-refractivity contribution in [3.05, 3.63) is 0 Å². The summed E-state index contributed by atoms with van der Waals surface area (Å²) >= 11 is 0. The van der Waals surface area contributed by atoms with Gasteiger partial charge in [-0.05, 0) is 74.0 Å². The first-order valence-electron chi connectivity index (χ1n) is 10.5. The van der Waals surface area contributed by atoms with Crippen molar-refractivity contribution in [3.63, 3.8) is 0 Å². The van der Waals surface area contributed by atoms with Crippen molar-refractivity contribution in [2.75, 3.05) is 6.54 Å². The van der Waals surface area contributed by atoms with Gasteiger partial charge in [0.2, 0.25) is 5.91 Å². The van der Waals surface area contributed by atoms with Gasteiger partial charge in [-0.15, -0.1) is 0 Å². The van der Waals surface area contributed by atoms with Gasteiger partial charge in [0, 0.05) is 11.8 Å². The number of hydrogen-bond donors (Lipinski definition) is 3. The van der Waals surface area contributed by atoms with Crippen LogP contribution in [0, 0.1) is 34.5 Å². The Hall–Kier alpha value is -0.940. The number of carbonyl (C=O) groups excluding carboxylic acids is 2. The van der Waals surface area contributed by atoms with E-state index >= 15 is 0 Å². The van der Waals surface area contributed by atoms with Gasteiger partial charge in [-0.1, -0.05) is 13.8 Å². The molecule has 146 valence electrons. The van der Waals surface area contributed by atoms with Gasteiger partial charge in [-0.2, -0.15) is 0 Å². The molecule has 4 aliphatic carbocycles. The van der Waals surface area contributed by atoms with E-state index in [4.69, 9.17) is 5.73 Å². The summed E-state index contributed by atoms with van der Waals surface area (Å²) in [5.41, 5.74) is 5.47. The predicted molar refractivity (Wildman–Crippen MR) is 99.1 cm³/mol. The van der Waals surface area contributed by atoms with Gasteiger partial charge in [0.1, 0.15) is 5.78 Å². The Balaban J connectivity index is 1.55. The molecule has 0 heterocycles. The highest BCUT2D eigenvalue weighted by Gasteiger charge is 2.61. The van der Waals surface area contributed by atoms with Crippen LogP contribution in [0.3, 0.4) is 0 Å². The zero-order valence-corrected chi connectivity index (χ0v) is 16.2. The average molecular weight is 363 g/mol. The maximum Gasteiger partial charge on any atom is 0.234 e. The van der Waals surface area contributed by atoms with Crippen molar-refractivity contribution in [1.29, 1.82) is 0 Å². The lowest BCUT2D eigenvalue weighted by Crippen LogP contribution is -2.59. The summed E-state index contributed by atoms with van der Waals surface area (Å²) in [6, 6.07) is -0.164. The molecule has 0 unspecified atom stereocenters. The van der Waals surface area contributed by atoms with Crippen LogP contribution in [-0.4, -0.2) is 35.5 Å². The molecule has 0 aliphatic heterocycles. The topological polar surface area (TPSA) is 92.4 Å². The van der Waals surface area contributed by atoms with E-state index < -0.39 is 6.10 Å². The first-order valence-corrected chi connectivity index (χ1v) is 10.5. The summed E-state index contributed by atoms with van der Waals surface area (Å²) in [7, 11) is 0. The second-order valence-corrected chi connectivity index (χ2v) is 9.96. The lowest BCUT2D eigenvalue weighted by molar-refractivity contribution is -0.148. The lowest BCUT2D eigenvalue weighted by Gasteiger charge is -2.61. The molecule has 4 aliphatic rings. The molecule has 0 spiro atoms. The number of nitrogens with two attached hydrogens (primary N) is 1. The molecule has 0 radical (unpaired) electrons. The molecule has 0 aromatic rings. The molecule has 0 aromatic carbocycles. The molecule has 4 fully saturated rings. The SMILES string of the molecule is C[C@]12C[C@H](O)[C@@H](NC(=O)CN)C[C@H]1CC[C@@H]1[C@@H]2CC[C@]2(C)C(=O)CC[C@@H]12. The number of Topliss-reactive ketones (excluding diaryl/α,β-unsaturated/α-hetero) is 1. The fraction of sp³-hybridized carbons (Fsp3) is 0.905. The summed E-state index contributed by atoms with van der Waals surface area (Å²) in [6.45, 7) is 4.56. The normalized spacial score (nSPS) is 50.5. The maximum atomic E-state index is 12.5. The molecule has 4 rings (SSSR count). The van der Waals surface area contributed by atoms with E-state index in [1.807, 2.05) is 0 Å². The fourth-order valence-corrected chi connectivity index (χ4v) is 7.49. The van der Waals surface area contributed by atoms with Crippen molar-refractivity contribution in [1.82, 2.24) is 5.32 Å². The summed E-state index contributed by atoms with van der Waals surface area (Å²) in [4.78, 5) is 24.2. The van der Waals surface area contributed by atoms with Crippen LogP contribution in [0.2, 0.25) is 0 Å².